The highest BCUT2D eigenvalue weighted by atomic mass is 32.2. The lowest BCUT2D eigenvalue weighted by atomic mass is 10.1. The molecule has 10 nitrogen and oxygen atoms in total. The summed E-state index contributed by atoms with van der Waals surface area (Å²) in [6.07, 6.45) is 0.201. The molecule has 2 heterocycles. The molecule has 1 N–H and O–H groups in total. The Kier molecular flexibility index (Phi) is 9.22. The summed E-state index contributed by atoms with van der Waals surface area (Å²) in [4.78, 5) is 28.0. The van der Waals surface area contributed by atoms with Gasteiger partial charge < -0.3 is 19.2 Å². The summed E-state index contributed by atoms with van der Waals surface area (Å²) in [6, 6.07) is 21.6. The van der Waals surface area contributed by atoms with Crippen molar-refractivity contribution in [3.05, 3.63) is 95.2 Å². The number of piperazine rings is 1. The largest absolute Gasteiger partial charge is 0.475 e. The Labute approximate surface area is 263 Å². The molecule has 0 spiro atoms. The third kappa shape index (κ3) is 7.49. The molecule has 0 radical (unpaired) electrons. The normalized spacial score (nSPS) is 14.4. The number of hydrogen-bond donors (Lipinski definition) is 1. The molecular formula is C34H39N3O7S. The molecule has 1 amide bonds. The maximum atomic E-state index is 14.2. The number of rotatable bonds is 9. The van der Waals surface area contributed by atoms with Crippen molar-refractivity contribution in [1.29, 1.82) is 0 Å². The fourth-order valence-corrected chi connectivity index (χ4v) is 6.89. The van der Waals surface area contributed by atoms with E-state index in [4.69, 9.17) is 9.15 Å². The SMILES string of the molecule is Cc1c(C(=O)O)oc2ccc(S(=O)(=O)N(CCc3ccccc3)c3ccc(CN4CCN(C(=O)OC(C)(C)C)CC4)cc3)cc12. The van der Waals surface area contributed by atoms with E-state index in [1.54, 1.807) is 11.8 Å². The van der Waals surface area contributed by atoms with Crippen molar-refractivity contribution in [3.63, 3.8) is 0 Å². The van der Waals surface area contributed by atoms with Crippen LogP contribution in [-0.2, 0) is 27.7 Å². The number of sulfonamides is 1. The molecule has 3 aromatic carbocycles. The van der Waals surface area contributed by atoms with Crippen molar-refractivity contribution in [3.8, 4) is 0 Å². The zero-order valence-corrected chi connectivity index (χ0v) is 26.8. The minimum absolute atomic E-state index is 0.0517. The van der Waals surface area contributed by atoms with Crippen LogP contribution in [0.25, 0.3) is 11.0 Å². The zero-order valence-electron chi connectivity index (χ0n) is 26.0. The van der Waals surface area contributed by atoms with Crippen molar-refractivity contribution in [2.24, 2.45) is 0 Å². The summed E-state index contributed by atoms with van der Waals surface area (Å²) in [5, 5.41) is 9.91. The summed E-state index contributed by atoms with van der Waals surface area (Å²) in [5.41, 5.74) is 2.72. The predicted octanol–water partition coefficient (Wildman–Crippen LogP) is 5.93. The summed E-state index contributed by atoms with van der Waals surface area (Å²) in [7, 11) is -4.03. The molecule has 0 atom stereocenters. The van der Waals surface area contributed by atoms with Gasteiger partial charge >= 0.3 is 12.1 Å². The third-order valence-electron chi connectivity index (χ3n) is 7.79. The number of carboxylic acid groups (broad SMARTS) is 1. The molecule has 238 valence electrons. The van der Waals surface area contributed by atoms with Crippen LogP contribution in [0.15, 0.2) is 82.1 Å². The molecule has 1 saturated heterocycles. The van der Waals surface area contributed by atoms with Gasteiger partial charge in [-0.1, -0.05) is 42.5 Å². The lowest BCUT2D eigenvalue weighted by molar-refractivity contribution is 0.0139. The van der Waals surface area contributed by atoms with Gasteiger partial charge in [0.15, 0.2) is 0 Å². The highest BCUT2D eigenvalue weighted by Crippen LogP contribution is 2.31. The monoisotopic (exact) mass is 633 g/mol. The Morgan fingerprint density at radius 1 is 0.933 bits per heavy atom. The maximum Gasteiger partial charge on any atom is 0.410 e. The molecule has 1 fully saturated rings. The Bertz CT molecular complexity index is 1770. The van der Waals surface area contributed by atoms with Gasteiger partial charge in [-0.2, -0.15) is 0 Å². The van der Waals surface area contributed by atoms with Crippen LogP contribution >= 0.6 is 0 Å². The number of amides is 1. The fraction of sp³-hybridized carbons (Fsp3) is 0.353. The lowest BCUT2D eigenvalue weighted by Crippen LogP contribution is -2.49. The Balaban J connectivity index is 1.35. The van der Waals surface area contributed by atoms with E-state index in [2.05, 4.69) is 4.90 Å². The van der Waals surface area contributed by atoms with Crippen LogP contribution < -0.4 is 4.31 Å². The number of carbonyl (C=O) groups excluding carboxylic acids is 1. The Morgan fingerprint density at radius 3 is 2.22 bits per heavy atom. The third-order valence-corrected chi connectivity index (χ3v) is 9.61. The topological polar surface area (TPSA) is 121 Å². The Hall–Kier alpha value is -4.35. The second-order valence-electron chi connectivity index (χ2n) is 12.2. The summed E-state index contributed by atoms with van der Waals surface area (Å²) >= 11 is 0. The summed E-state index contributed by atoms with van der Waals surface area (Å²) in [6.45, 7) is 10.6. The Morgan fingerprint density at radius 2 is 1.60 bits per heavy atom. The van der Waals surface area contributed by atoms with E-state index >= 15 is 0 Å². The van der Waals surface area contributed by atoms with Gasteiger partial charge in [0.25, 0.3) is 10.0 Å². The molecular weight excluding hydrogens is 594 g/mol. The lowest BCUT2D eigenvalue weighted by Gasteiger charge is -2.35. The van der Waals surface area contributed by atoms with Crippen LogP contribution in [-0.4, -0.2) is 73.7 Å². The van der Waals surface area contributed by atoms with Crippen molar-refractivity contribution in [2.75, 3.05) is 37.0 Å². The first-order chi connectivity index (χ1) is 21.3. The van der Waals surface area contributed by atoms with E-state index in [0.717, 1.165) is 11.1 Å². The number of benzene rings is 3. The van der Waals surface area contributed by atoms with Crippen LogP contribution in [0.4, 0.5) is 10.5 Å². The van der Waals surface area contributed by atoms with E-state index < -0.39 is 21.6 Å². The number of carboxylic acids is 1. The number of carbonyl (C=O) groups is 2. The molecule has 0 saturated carbocycles. The number of anilines is 1. The van der Waals surface area contributed by atoms with Gasteiger partial charge in [-0.3, -0.25) is 9.21 Å². The van der Waals surface area contributed by atoms with E-state index in [-0.39, 0.29) is 23.3 Å². The van der Waals surface area contributed by atoms with Crippen LogP contribution in [0.5, 0.6) is 0 Å². The van der Waals surface area contributed by atoms with Crippen molar-refractivity contribution >= 4 is 38.7 Å². The van der Waals surface area contributed by atoms with Crippen LogP contribution in [0.1, 0.15) is 48.0 Å². The predicted molar refractivity (Wildman–Crippen MR) is 172 cm³/mol. The first kappa shape index (κ1) is 32.1. The average molecular weight is 634 g/mol. The van der Waals surface area contributed by atoms with Gasteiger partial charge in [0, 0.05) is 50.2 Å². The summed E-state index contributed by atoms with van der Waals surface area (Å²) in [5.74, 6) is -1.41. The second kappa shape index (κ2) is 12.9. The van der Waals surface area contributed by atoms with Crippen LogP contribution in [0, 0.1) is 6.92 Å². The first-order valence-electron chi connectivity index (χ1n) is 14.9. The first-order valence-corrected chi connectivity index (χ1v) is 16.4. The fourth-order valence-electron chi connectivity index (χ4n) is 5.40. The van der Waals surface area contributed by atoms with Gasteiger partial charge in [0.05, 0.1) is 10.6 Å². The van der Waals surface area contributed by atoms with E-state index in [0.29, 0.717) is 61.4 Å². The number of hydrogen-bond acceptors (Lipinski definition) is 7. The van der Waals surface area contributed by atoms with E-state index in [1.165, 1.54) is 22.5 Å². The van der Waals surface area contributed by atoms with Gasteiger partial charge in [-0.15, -0.1) is 0 Å². The van der Waals surface area contributed by atoms with E-state index in [9.17, 15) is 23.1 Å². The number of aryl methyl sites for hydroxylation is 1. The highest BCUT2D eigenvalue weighted by Gasteiger charge is 2.28. The minimum Gasteiger partial charge on any atom is -0.475 e. The molecule has 45 heavy (non-hydrogen) atoms. The molecule has 1 aliphatic heterocycles. The molecule has 5 rings (SSSR count). The smallest absolute Gasteiger partial charge is 0.410 e. The molecule has 0 aliphatic carbocycles. The van der Waals surface area contributed by atoms with Crippen molar-refractivity contribution in [2.45, 2.75) is 51.2 Å². The number of furan rings is 1. The zero-order chi connectivity index (χ0) is 32.4. The van der Waals surface area contributed by atoms with E-state index in [1.807, 2.05) is 75.4 Å². The minimum atomic E-state index is -4.03. The van der Waals surface area contributed by atoms with Gasteiger partial charge in [0.1, 0.15) is 11.2 Å². The van der Waals surface area contributed by atoms with Gasteiger partial charge in [-0.25, -0.2) is 18.0 Å². The molecule has 0 bridgehead atoms. The standard InChI is InChI=1S/C34H39N3O7S/c1-24-29-22-28(14-15-30(29)43-31(24)32(38)39)45(41,42)37(17-16-25-8-6-5-7-9-25)27-12-10-26(11-13-27)23-35-18-20-36(21-19-35)33(40)44-34(2,3)4/h5-15,22H,16-21,23H2,1-4H3,(H,38,39). The van der Waals surface area contributed by atoms with Crippen molar-refractivity contribution in [1.82, 2.24) is 9.80 Å². The number of aromatic carboxylic acids is 1. The molecule has 11 heteroatoms. The van der Waals surface area contributed by atoms with Gasteiger partial charge in [0.2, 0.25) is 5.76 Å². The van der Waals surface area contributed by atoms with Crippen LogP contribution in [0.3, 0.4) is 0 Å². The molecule has 0 unspecified atom stereocenters. The highest BCUT2D eigenvalue weighted by molar-refractivity contribution is 7.92. The van der Waals surface area contributed by atoms with Gasteiger partial charge in [-0.05, 0) is 75.6 Å². The quantitative estimate of drug-likeness (QED) is 0.241. The number of fused-ring (bicyclic) bond motifs is 1. The second-order valence-corrected chi connectivity index (χ2v) is 14.1. The molecule has 1 aliphatic rings. The molecule has 1 aromatic heterocycles. The number of ether oxygens (including phenoxy) is 1. The molecule has 4 aromatic rings. The number of nitrogens with zero attached hydrogens (tertiary/aromatic N) is 3. The van der Waals surface area contributed by atoms with Crippen LogP contribution in [0.2, 0.25) is 0 Å². The van der Waals surface area contributed by atoms with Crippen molar-refractivity contribution < 1.29 is 32.3 Å². The average Bonchev–Trinajstić information content (AvgIpc) is 3.34. The maximum absolute atomic E-state index is 14.2. The summed E-state index contributed by atoms with van der Waals surface area (Å²) < 4.78 is 40.7.